The summed E-state index contributed by atoms with van der Waals surface area (Å²) in [6.07, 6.45) is 0. The third kappa shape index (κ3) is 4.42. The van der Waals surface area contributed by atoms with E-state index < -0.39 is 10.0 Å². The largest absolute Gasteiger partial charge is 0.360 e. The van der Waals surface area contributed by atoms with Gasteiger partial charge in [-0.3, -0.25) is 4.90 Å². The van der Waals surface area contributed by atoms with Crippen LogP contribution in [0.15, 0.2) is 33.7 Å². The lowest BCUT2D eigenvalue weighted by Gasteiger charge is -2.34. The van der Waals surface area contributed by atoms with E-state index in [4.69, 9.17) is 4.52 Å². The summed E-state index contributed by atoms with van der Waals surface area (Å²) in [5.74, 6) is 0.817. The van der Waals surface area contributed by atoms with Crippen LogP contribution in [0.3, 0.4) is 0 Å². The van der Waals surface area contributed by atoms with Crippen molar-refractivity contribution in [3.05, 3.63) is 46.8 Å². The Morgan fingerprint density at radius 3 is 2.30 bits per heavy atom. The molecule has 3 rings (SSSR count). The first-order chi connectivity index (χ1) is 12.6. The van der Waals surface area contributed by atoms with E-state index in [1.807, 2.05) is 38.1 Å². The molecular formula is C20H29N3O3S. The quantitative estimate of drug-likeness (QED) is 0.801. The second-order valence-electron chi connectivity index (χ2n) is 8.35. The number of aryl methyl sites for hydroxylation is 2. The van der Waals surface area contributed by atoms with Gasteiger partial charge in [-0.05, 0) is 36.5 Å². The highest BCUT2D eigenvalue weighted by molar-refractivity contribution is 7.89. The molecule has 27 heavy (non-hydrogen) atoms. The van der Waals surface area contributed by atoms with E-state index in [9.17, 15) is 8.42 Å². The molecule has 6 nitrogen and oxygen atoms in total. The summed E-state index contributed by atoms with van der Waals surface area (Å²) in [4.78, 5) is 2.62. The second kappa shape index (κ2) is 7.37. The first kappa shape index (κ1) is 20.0. The topological polar surface area (TPSA) is 66.7 Å². The summed E-state index contributed by atoms with van der Waals surface area (Å²) >= 11 is 0. The molecule has 0 radical (unpaired) electrons. The van der Waals surface area contributed by atoms with Crippen molar-refractivity contribution in [1.82, 2.24) is 14.4 Å². The first-order valence-corrected chi connectivity index (χ1v) is 10.8. The van der Waals surface area contributed by atoms with Gasteiger partial charge < -0.3 is 4.52 Å². The third-order valence-electron chi connectivity index (χ3n) is 5.06. The summed E-state index contributed by atoms with van der Waals surface area (Å²) in [6, 6.07) is 7.69. The van der Waals surface area contributed by atoms with Crippen LogP contribution in [0.4, 0.5) is 0 Å². The normalized spacial score (nSPS) is 17.4. The maximum Gasteiger partial charge on any atom is 0.243 e. The molecule has 7 heteroatoms. The Labute approximate surface area is 162 Å². The van der Waals surface area contributed by atoms with Crippen molar-refractivity contribution in [2.75, 3.05) is 26.2 Å². The smallest absolute Gasteiger partial charge is 0.243 e. The fraction of sp³-hybridized carbons (Fsp3) is 0.550. The summed E-state index contributed by atoms with van der Waals surface area (Å²) in [7, 11) is -3.50. The number of hydrogen-bond donors (Lipinski definition) is 0. The molecule has 1 fully saturated rings. The van der Waals surface area contributed by atoms with Gasteiger partial charge in [0.1, 0.15) is 0 Å². The van der Waals surface area contributed by atoms with Gasteiger partial charge in [0.2, 0.25) is 10.0 Å². The lowest BCUT2D eigenvalue weighted by molar-refractivity contribution is 0.166. The van der Waals surface area contributed by atoms with E-state index in [-0.39, 0.29) is 5.41 Å². The van der Waals surface area contributed by atoms with Crippen LogP contribution in [0.25, 0.3) is 0 Å². The molecule has 0 saturated carbocycles. The highest BCUT2D eigenvalue weighted by atomic mass is 32.2. The summed E-state index contributed by atoms with van der Waals surface area (Å²) in [5, 5.41) is 3.91. The minimum Gasteiger partial charge on any atom is -0.360 e. The van der Waals surface area contributed by atoms with Gasteiger partial charge in [0, 0.05) is 32.2 Å². The fourth-order valence-electron chi connectivity index (χ4n) is 3.32. The Kier molecular flexibility index (Phi) is 5.47. The van der Waals surface area contributed by atoms with Crippen molar-refractivity contribution in [3.63, 3.8) is 0 Å². The molecule has 0 aliphatic carbocycles. The van der Waals surface area contributed by atoms with Crippen LogP contribution >= 0.6 is 0 Å². The molecular weight excluding hydrogens is 362 g/mol. The van der Waals surface area contributed by atoms with Gasteiger partial charge in [-0.15, -0.1) is 0 Å². The van der Waals surface area contributed by atoms with Crippen molar-refractivity contribution >= 4 is 10.0 Å². The van der Waals surface area contributed by atoms with Crippen LogP contribution in [0.2, 0.25) is 0 Å². The third-order valence-corrected chi connectivity index (χ3v) is 7.10. The van der Waals surface area contributed by atoms with Gasteiger partial charge in [-0.25, -0.2) is 8.42 Å². The number of sulfonamides is 1. The van der Waals surface area contributed by atoms with Gasteiger partial charge in [-0.2, -0.15) is 4.31 Å². The van der Waals surface area contributed by atoms with Crippen LogP contribution in [0.1, 0.15) is 43.4 Å². The molecule has 1 saturated heterocycles. The predicted octanol–water partition coefficient (Wildman–Crippen LogP) is 3.10. The van der Waals surface area contributed by atoms with Gasteiger partial charge in [0.15, 0.2) is 5.76 Å². The van der Waals surface area contributed by atoms with Gasteiger partial charge >= 0.3 is 0 Å². The molecule has 1 aliphatic heterocycles. The zero-order chi connectivity index (χ0) is 19.8. The molecule has 0 spiro atoms. The zero-order valence-electron chi connectivity index (χ0n) is 16.8. The molecule has 2 aromatic rings. The van der Waals surface area contributed by atoms with Crippen molar-refractivity contribution < 1.29 is 12.9 Å². The van der Waals surface area contributed by atoms with Crippen molar-refractivity contribution in [2.24, 2.45) is 0 Å². The lowest BCUT2D eigenvalue weighted by Crippen LogP contribution is -2.48. The molecule has 1 aliphatic rings. The van der Waals surface area contributed by atoms with E-state index in [1.165, 1.54) is 0 Å². The standard InChI is InChI=1S/C20H29N3O3S/c1-15-6-7-17(20(3,4)5)13-19(15)27(24,25)23-10-8-22(9-11-23)14-18-12-16(2)21-26-18/h6-7,12-13H,8-11,14H2,1-5H3. The molecule has 1 aromatic carbocycles. The minimum absolute atomic E-state index is 0.0914. The zero-order valence-corrected chi connectivity index (χ0v) is 17.6. The Bertz CT molecular complexity index is 905. The van der Waals surface area contributed by atoms with E-state index in [2.05, 4.69) is 30.8 Å². The maximum atomic E-state index is 13.2. The Morgan fingerprint density at radius 1 is 1.07 bits per heavy atom. The number of nitrogens with zero attached hydrogens (tertiary/aromatic N) is 3. The highest BCUT2D eigenvalue weighted by Crippen LogP contribution is 2.28. The molecule has 0 bridgehead atoms. The van der Waals surface area contributed by atoms with Crippen molar-refractivity contribution in [3.8, 4) is 0 Å². The number of aromatic nitrogens is 1. The lowest BCUT2D eigenvalue weighted by atomic mass is 9.87. The number of hydrogen-bond acceptors (Lipinski definition) is 5. The van der Waals surface area contributed by atoms with Gasteiger partial charge in [0.05, 0.1) is 17.1 Å². The van der Waals surface area contributed by atoms with E-state index in [1.54, 1.807) is 4.31 Å². The van der Waals surface area contributed by atoms with Crippen LogP contribution in [-0.4, -0.2) is 49.0 Å². The van der Waals surface area contributed by atoms with Crippen LogP contribution < -0.4 is 0 Å². The molecule has 148 valence electrons. The van der Waals surface area contributed by atoms with E-state index in [0.29, 0.717) is 37.6 Å². The summed E-state index contributed by atoms with van der Waals surface area (Å²) in [6.45, 7) is 13.0. The van der Waals surface area contributed by atoms with Crippen molar-refractivity contribution in [1.29, 1.82) is 0 Å². The van der Waals surface area contributed by atoms with Gasteiger partial charge in [0.25, 0.3) is 0 Å². The predicted molar refractivity (Wildman–Crippen MR) is 105 cm³/mol. The Balaban J connectivity index is 1.73. The minimum atomic E-state index is -3.50. The second-order valence-corrected chi connectivity index (χ2v) is 10.3. The average Bonchev–Trinajstić information content (AvgIpc) is 2.99. The van der Waals surface area contributed by atoms with Crippen LogP contribution in [0.5, 0.6) is 0 Å². The number of rotatable bonds is 4. The highest BCUT2D eigenvalue weighted by Gasteiger charge is 2.31. The average molecular weight is 392 g/mol. The van der Waals surface area contributed by atoms with Crippen LogP contribution in [-0.2, 0) is 22.0 Å². The molecule has 0 atom stereocenters. The summed E-state index contributed by atoms with van der Waals surface area (Å²) in [5.41, 5.74) is 2.60. The molecule has 2 heterocycles. The van der Waals surface area contributed by atoms with Gasteiger partial charge in [-0.1, -0.05) is 38.1 Å². The maximum absolute atomic E-state index is 13.2. The number of piperazine rings is 1. The fourth-order valence-corrected chi connectivity index (χ4v) is 5.00. The summed E-state index contributed by atoms with van der Waals surface area (Å²) < 4.78 is 33.3. The molecule has 0 amide bonds. The SMILES string of the molecule is Cc1cc(CN2CCN(S(=O)(=O)c3cc(C(C)(C)C)ccc3C)CC2)on1. The Hall–Kier alpha value is -1.70. The van der Waals surface area contributed by atoms with Crippen molar-refractivity contribution in [2.45, 2.75) is 51.5 Å². The Morgan fingerprint density at radius 2 is 1.74 bits per heavy atom. The van der Waals surface area contributed by atoms with E-state index >= 15 is 0 Å². The van der Waals surface area contributed by atoms with Crippen LogP contribution in [0, 0.1) is 13.8 Å². The first-order valence-electron chi connectivity index (χ1n) is 9.33. The number of benzene rings is 1. The molecule has 0 unspecified atom stereocenters. The molecule has 1 aromatic heterocycles. The van der Waals surface area contributed by atoms with E-state index in [0.717, 1.165) is 22.6 Å². The molecule has 0 N–H and O–H groups in total. The monoisotopic (exact) mass is 391 g/mol.